The number of halogens is 1. The van der Waals surface area contributed by atoms with Gasteiger partial charge in [0.2, 0.25) is 0 Å². The Morgan fingerprint density at radius 3 is 2.88 bits per heavy atom. The quantitative estimate of drug-likeness (QED) is 0.798. The zero-order valence-electron chi connectivity index (χ0n) is 13.7. The molecule has 1 aromatic heterocycles. The van der Waals surface area contributed by atoms with Crippen molar-refractivity contribution in [1.82, 2.24) is 0 Å². The molecule has 3 rings (SSSR count). The number of rotatable bonds is 4. The molecule has 6 heteroatoms. The van der Waals surface area contributed by atoms with Gasteiger partial charge in [-0.05, 0) is 38.1 Å². The molecule has 1 aliphatic rings. The largest absolute Gasteiger partial charge is 0.505 e. The summed E-state index contributed by atoms with van der Waals surface area (Å²) in [6, 6.07) is 10.9. The molecule has 0 aliphatic carbocycles. The molecule has 128 valence electrons. The van der Waals surface area contributed by atoms with Crippen molar-refractivity contribution in [2.75, 3.05) is 6.61 Å². The lowest BCUT2D eigenvalue weighted by molar-refractivity contribution is -0.138. The first-order valence-corrected chi connectivity index (χ1v) is 8.11. The molecule has 0 bridgehead atoms. The summed E-state index contributed by atoms with van der Waals surface area (Å²) in [5.41, 5.74) is 1.58. The smallest absolute Gasteiger partial charge is 0.343 e. The van der Waals surface area contributed by atoms with Gasteiger partial charge in [0, 0.05) is 16.7 Å². The first kappa shape index (κ1) is 17.0. The summed E-state index contributed by atoms with van der Waals surface area (Å²) < 4.78 is 10.7. The van der Waals surface area contributed by atoms with Crippen molar-refractivity contribution in [2.24, 2.45) is 4.99 Å². The number of esters is 1. The Bertz CT molecular complexity index is 921. The number of ether oxygens (including phenoxy) is 1. The van der Waals surface area contributed by atoms with Gasteiger partial charge in [-0.15, -0.1) is 0 Å². The number of carbonyl (C=O) groups is 1. The fraction of sp³-hybridized carbons (Fsp3) is 0.158. The van der Waals surface area contributed by atoms with Crippen LogP contribution >= 0.6 is 11.6 Å². The third-order valence-corrected chi connectivity index (χ3v) is 3.86. The van der Waals surface area contributed by atoms with E-state index in [2.05, 4.69) is 4.99 Å². The molecule has 0 spiro atoms. The number of furan rings is 1. The van der Waals surface area contributed by atoms with Crippen LogP contribution in [0.1, 0.15) is 19.6 Å². The molecular weight excluding hydrogens is 342 g/mol. The van der Waals surface area contributed by atoms with Crippen molar-refractivity contribution < 1.29 is 19.1 Å². The van der Waals surface area contributed by atoms with Gasteiger partial charge in [0.15, 0.2) is 5.76 Å². The van der Waals surface area contributed by atoms with Crippen LogP contribution in [-0.4, -0.2) is 23.4 Å². The highest BCUT2D eigenvalue weighted by molar-refractivity contribution is 6.30. The van der Waals surface area contributed by atoms with Crippen LogP contribution < -0.4 is 0 Å². The number of aliphatic imine (C=N–C) groups is 1. The molecule has 1 aromatic carbocycles. The molecule has 25 heavy (non-hydrogen) atoms. The fourth-order valence-electron chi connectivity index (χ4n) is 2.50. The minimum absolute atomic E-state index is 0.0784. The van der Waals surface area contributed by atoms with Gasteiger partial charge >= 0.3 is 5.97 Å². The van der Waals surface area contributed by atoms with Gasteiger partial charge in [-0.3, -0.25) is 0 Å². The predicted octanol–water partition coefficient (Wildman–Crippen LogP) is 4.79. The van der Waals surface area contributed by atoms with Gasteiger partial charge < -0.3 is 14.3 Å². The molecule has 0 atom stereocenters. The number of carbonyl (C=O) groups excluding carboxylic acids is 1. The minimum atomic E-state index is -0.594. The Labute approximate surface area is 149 Å². The van der Waals surface area contributed by atoms with E-state index in [1.54, 1.807) is 44.2 Å². The summed E-state index contributed by atoms with van der Waals surface area (Å²) in [6.07, 6.45) is 1.57. The van der Waals surface area contributed by atoms with Gasteiger partial charge in [0.25, 0.3) is 0 Å². The van der Waals surface area contributed by atoms with Crippen LogP contribution in [0.4, 0.5) is 0 Å². The predicted molar refractivity (Wildman–Crippen MR) is 96.5 cm³/mol. The van der Waals surface area contributed by atoms with Crippen molar-refractivity contribution in [1.29, 1.82) is 0 Å². The van der Waals surface area contributed by atoms with Crippen LogP contribution in [0, 0.1) is 0 Å². The summed E-state index contributed by atoms with van der Waals surface area (Å²) in [6.45, 7) is 3.57. The maximum Gasteiger partial charge on any atom is 0.343 e. The fourth-order valence-corrected chi connectivity index (χ4v) is 2.69. The number of nitrogens with zero attached hydrogens (tertiary/aromatic N) is 1. The highest BCUT2D eigenvalue weighted by Crippen LogP contribution is 2.29. The normalized spacial score (nSPS) is 15.6. The Hall–Kier alpha value is -2.79. The molecule has 0 fully saturated rings. The topological polar surface area (TPSA) is 72.0 Å². The van der Waals surface area contributed by atoms with Gasteiger partial charge in [-0.1, -0.05) is 23.7 Å². The molecule has 0 unspecified atom stereocenters. The molecule has 0 saturated heterocycles. The maximum absolute atomic E-state index is 11.9. The van der Waals surface area contributed by atoms with Crippen LogP contribution in [0.5, 0.6) is 0 Å². The monoisotopic (exact) mass is 357 g/mol. The van der Waals surface area contributed by atoms with E-state index >= 15 is 0 Å². The first-order valence-electron chi connectivity index (χ1n) is 7.73. The second-order valence-corrected chi connectivity index (χ2v) is 5.82. The van der Waals surface area contributed by atoms with E-state index in [4.69, 9.17) is 20.8 Å². The van der Waals surface area contributed by atoms with Crippen molar-refractivity contribution in [3.8, 4) is 11.3 Å². The average molecular weight is 358 g/mol. The second kappa shape index (κ2) is 6.99. The first-order chi connectivity index (χ1) is 12.0. The van der Waals surface area contributed by atoms with Crippen LogP contribution in [0.3, 0.4) is 0 Å². The summed E-state index contributed by atoms with van der Waals surface area (Å²) >= 11 is 5.99. The van der Waals surface area contributed by atoms with Crippen LogP contribution in [0.15, 0.2) is 62.8 Å². The third kappa shape index (κ3) is 3.51. The van der Waals surface area contributed by atoms with E-state index in [1.807, 2.05) is 12.1 Å². The van der Waals surface area contributed by atoms with Crippen molar-refractivity contribution in [3.05, 3.63) is 64.2 Å². The summed E-state index contributed by atoms with van der Waals surface area (Å²) in [4.78, 5) is 16.1. The Morgan fingerprint density at radius 2 is 2.16 bits per heavy atom. The summed E-state index contributed by atoms with van der Waals surface area (Å²) in [5.74, 6) is 0.334. The third-order valence-electron chi connectivity index (χ3n) is 3.62. The number of aliphatic hydroxyl groups is 1. The Morgan fingerprint density at radius 1 is 1.36 bits per heavy atom. The van der Waals surface area contributed by atoms with Gasteiger partial charge in [-0.2, -0.15) is 0 Å². The number of aliphatic hydroxyl groups excluding tert-OH is 1. The molecular formula is C19H16ClNO4. The van der Waals surface area contributed by atoms with Crippen LogP contribution in [0.25, 0.3) is 17.4 Å². The molecule has 1 N–H and O–H groups in total. The lowest BCUT2D eigenvalue weighted by Crippen LogP contribution is -2.13. The van der Waals surface area contributed by atoms with E-state index in [1.165, 1.54) is 0 Å². The van der Waals surface area contributed by atoms with Gasteiger partial charge in [0.05, 0.1) is 12.3 Å². The summed E-state index contributed by atoms with van der Waals surface area (Å²) in [5, 5.41) is 10.9. The minimum Gasteiger partial charge on any atom is -0.505 e. The lowest BCUT2D eigenvalue weighted by atomic mass is 10.1. The van der Waals surface area contributed by atoms with Crippen molar-refractivity contribution >= 4 is 29.4 Å². The van der Waals surface area contributed by atoms with Gasteiger partial charge in [0.1, 0.15) is 22.8 Å². The second-order valence-electron chi connectivity index (χ2n) is 5.38. The molecule has 1 aliphatic heterocycles. The lowest BCUT2D eigenvalue weighted by Gasteiger charge is -2.02. The van der Waals surface area contributed by atoms with Gasteiger partial charge in [-0.25, -0.2) is 9.79 Å². The number of benzene rings is 1. The average Bonchev–Trinajstić information content (AvgIpc) is 3.13. The van der Waals surface area contributed by atoms with Crippen molar-refractivity contribution in [3.63, 3.8) is 0 Å². The maximum atomic E-state index is 11.9. The molecule has 2 heterocycles. The van der Waals surface area contributed by atoms with E-state index in [9.17, 15) is 9.90 Å². The Kier molecular flexibility index (Phi) is 4.76. The zero-order valence-corrected chi connectivity index (χ0v) is 14.5. The molecule has 0 amide bonds. The van der Waals surface area contributed by atoms with Crippen LogP contribution in [0.2, 0.25) is 5.02 Å². The molecule has 0 saturated carbocycles. The highest BCUT2D eigenvalue weighted by Gasteiger charge is 2.27. The van der Waals surface area contributed by atoms with E-state index in [-0.39, 0.29) is 23.6 Å². The molecule has 2 aromatic rings. The van der Waals surface area contributed by atoms with E-state index < -0.39 is 5.97 Å². The van der Waals surface area contributed by atoms with Crippen molar-refractivity contribution in [2.45, 2.75) is 13.8 Å². The highest BCUT2D eigenvalue weighted by atomic mass is 35.5. The van der Waals surface area contributed by atoms with E-state index in [0.717, 1.165) is 5.56 Å². The number of hydrogen-bond acceptors (Lipinski definition) is 5. The van der Waals surface area contributed by atoms with Crippen LogP contribution in [-0.2, 0) is 9.53 Å². The summed E-state index contributed by atoms with van der Waals surface area (Å²) in [7, 11) is 0. The SMILES string of the molecule is CCOC(=O)C1=C(O)/C(=C\c2ccc(-c3cccc(Cl)c3)o2)N=C1C. The Balaban J connectivity index is 1.91. The molecule has 5 nitrogen and oxygen atoms in total. The zero-order chi connectivity index (χ0) is 18.0. The number of hydrogen-bond donors (Lipinski definition) is 1. The van der Waals surface area contributed by atoms with E-state index in [0.29, 0.717) is 22.3 Å². The molecule has 0 radical (unpaired) electrons. The standard InChI is InChI=1S/C19H16ClNO4/c1-3-24-19(23)17-11(2)21-15(18(17)22)10-14-7-8-16(25-14)12-5-4-6-13(20)9-12/h4-10,22H,3H2,1-2H3/b15-10+.